The van der Waals surface area contributed by atoms with Crippen LogP contribution in [-0.2, 0) is 22.9 Å². The fourth-order valence-corrected chi connectivity index (χ4v) is 4.47. The number of benzene rings is 3. The summed E-state index contributed by atoms with van der Waals surface area (Å²) in [5, 5.41) is 0. The van der Waals surface area contributed by atoms with E-state index in [1.807, 2.05) is 18.2 Å². The number of hydrogen-bond acceptors (Lipinski definition) is 2. The van der Waals surface area contributed by atoms with Gasteiger partial charge in [0, 0.05) is 5.41 Å². The van der Waals surface area contributed by atoms with Crippen molar-refractivity contribution < 1.29 is 22.3 Å². The summed E-state index contributed by atoms with van der Waals surface area (Å²) >= 11 is 0. The summed E-state index contributed by atoms with van der Waals surface area (Å²) in [7, 11) is 2.09. The molecule has 6 heteroatoms. The lowest BCUT2D eigenvalue weighted by atomic mass is 9.73. The summed E-state index contributed by atoms with van der Waals surface area (Å²) in [6.07, 6.45) is -2.63. The Morgan fingerprint density at radius 2 is 1.55 bits per heavy atom. The molecule has 1 aliphatic heterocycles. The molecule has 0 bridgehead atoms. The monoisotopic (exact) mass is 457 g/mol. The second-order valence-electron chi connectivity index (χ2n) is 8.87. The van der Waals surface area contributed by atoms with E-state index in [9.17, 15) is 17.6 Å². The topological polar surface area (TPSA) is 12.5 Å². The molecule has 33 heavy (non-hydrogen) atoms. The van der Waals surface area contributed by atoms with Gasteiger partial charge in [-0.05, 0) is 85.6 Å². The predicted molar refractivity (Wildman–Crippen MR) is 121 cm³/mol. The molecule has 0 amide bonds. The summed E-state index contributed by atoms with van der Waals surface area (Å²) in [4.78, 5) is 2.28. The third-order valence-corrected chi connectivity index (χ3v) is 6.48. The highest BCUT2D eigenvalue weighted by Crippen LogP contribution is 2.37. The van der Waals surface area contributed by atoms with Gasteiger partial charge >= 0.3 is 6.18 Å². The van der Waals surface area contributed by atoms with E-state index < -0.39 is 17.6 Å². The van der Waals surface area contributed by atoms with Crippen LogP contribution in [-0.4, -0.2) is 31.6 Å². The Bertz CT molecular complexity index is 1060. The summed E-state index contributed by atoms with van der Waals surface area (Å²) in [5.74, 6) is -0.432. The number of piperidine rings is 1. The molecule has 0 atom stereocenters. The van der Waals surface area contributed by atoms with Gasteiger partial charge in [-0.1, -0.05) is 42.5 Å². The van der Waals surface area contributed by atoms with Gasteiger partial charge in [-0.3, -0.25) is 0 Å². The smallest absolute Gasteiger partial charge is 0.376 e. The van der Waals surface area contributed by atoms with Gasteiger partial charge in [-0.25, -0.2) is 4.39 Å². The standard InChI is InChI=1S/C27H27F4NO/c1-32-13-11-26(12-14-32,23-5-3-2-4-6-23)19-33-18-20-15-22(17-24(16-20)27(29,30)31)21-7-9-25(28)10-8-21/h2-10,15-17H,11-14,18-19H2,1H3. The van der Waals surface area contributed by atoms with Gasteiger partial charge in [0.15, 0.2) is 0 Å². The Morgan fingerprint density at radius 3 is 2.18 bits per heavy atom. The van der Waals surface area contributed by atoms with Gasteiger partial charge in [0.25, 0.3) is 0 Å². The average molecular weight is 458 g/mol. The molecule has 1 aliphatic rings. The molecule has 0 unspecified atom stereocenters. The molecule has 0 aliphatic carbocycles. The first-order chi connectivity index (χ1) is 15.7. The van der Waals surface area contributed by atoms with E-state index in [1.165, 1.54) is 29.8 Å². The quantitative estimate of drug-likeness (QED) is 0.382. The lowest BCUT2D eigenvalue weighted by Gasteiger charge is -2.41. The van der Waals surface area contributed by atoms with E-state index in [0.717, 1.165) is 38.1 Å². The zero-order valence-corrected chi connectivity index (χ0v) is 18.5. The van der Waals surface area contributed by atoms with Crippen molar-refractivity contribution >= 4 is 0 Å². The van der Waals surface area contributed by atoms with Crippen molar-refractivity contribution in [3.8, 4) is 11.1 Å². The third kappa shape index (κ3) is 5.63. The van der Waals surface area contributed by atoms with E-state index in [4.69, 9.17) is 4.74 Å². The zero-order valence-electron chi connectivity index (χ0n) is 18.5. The summed E-state index contributed by atoms with van der Waals surface area (Å²) in [5.41, 5.74) is 1.67. The predicted octanol–water partition coefficient (Wildman–Crippen LogP) is 6.69. The van der Waals surface area contributed by atoms with Gasteiger partial charge in [0.05, 0.1) is 18.8 Å². The Hall–Kier alpha value is -2.70. The number of hydrogen-bond donors (Lipinski definition) is 0. The largest absolute Gasteiger partial charge is 0.416 e. The minimum Gasteiger partial charge on any atom is -0.376 e. The molecule has 3 aromatic rings. The van der Waals surface area contributed by atoms with Gasteiger partial charge in [0.1, 0.15) is 5.82 Å². The lowest BCUT2D eigenvalue weighted by Crippen LogP contribution is -2.43. The van der Waals surface area contributed by atoms with Crippen molar-refractivity contribution in [2.45, 2.75) is 31.0 Å². The van der Waals surface area contributed by atoms with Gasteiger partial charge in [-0.15, -0.1) is 0 Å². The Kier molecular flexibility index (Phi) is 6.86. The van der Waals surface area contributed by atoms with Gasteiger partial charge < -0.3 is 9.64 Å². The average Bonchev–Trinajstić information content (AvgIpc) is 2.81. The van der Waals surface area contributed by atoms with Crippen LogP contribution in [0.1, 0.15) is 29.5 Å². The number of nitrogens with zero attached hydrogens (tertiary/aromatic N) is 1. The van der Waals surface area contributed by atoms with Gasteiger partial charge in [0.2, 0.25) is 0 Å². The first-order valence-electron chi connectivity index (χ1n) is 11.0. The Labute approximate surface area is 191 Å². The fraction of sp³-hybridized carbons (Fsp3) is 0.333. The first kappa shape index (κ1) is 23.5. The van der Waals surface area contributed by atoms with Crippen molar-refractivity contribution in [2.24, 2.45) is 0 Å². The molecule has 0 spiro atoms. The molecule has 174 valence electrons. The van der Waals surface area contributed by atoms with Crippen LogP contribution in [0.25, 0.3) is 11.1 Å². The molecule has 1 heterocycles. The van der Waals surface area contributed by atoms with Crippen molar-refractivity contribution in [1.82, 2.24) is 4.90 Å². The summed E-state index contributed by atoms with van der Waals surface area (Å²) < 4.78 is 60.0. The van der Waals surface area contributed by atoms with Crippen LogP contribution in [0.15, 0.2) is 72.8 Å². The van der Waals surface area contributed by atoms with Crippen LogP contribution in [0.2, 0.25) is 0 Å². The van der Waals surface area contributed by atoms with Gasteiger partial charge in [-0.2, -0.15) is 13.2 Å². The molecular weight excluding hydrogens is 430 g/mol. The second-order valence-corrected chi connectivity index (χ2v) is 8.87. The molecule has 3 aromatic carbocycles. The molecule has 0 radical (unpaired) electrons. The minimum atomic E-state index is -4.48. The fourth-order valence-electron chi connectivity index (χ4n) is 4.47. The van der Waals surface area contributed by atoms with Crippen LogP contribution in [0.4, 0.5) is 17.6 Å². The number of alkyl halides is 3. The van der Waals surface area contributed by atoms with Crippen LogP contribution >= 0.6 is 0 Å². The Morgan fingerprint density at radius 1 is 0.879 bits per heavy atom. The van der Waals surface area contributed by atoms with Crippen LogP contribution < -0.4 is 0 Å². The third-order valence-electron chi connectivity index (χ3n) is 6.48. The maximum Gasteiger partial charge on any atom is 0.416 e. The molecule has 2 nitrogen and oxygen atoms in total. The normalized spacial score (nSPS) is 16.6. The lowest BCUT2D eigenvalue weighted by molar-refractivity contribution is -0.137. The van der Waals surface area contributed by atoms with Crippen molar-refractivity contribution in [2.75, 3.05) is 26.7 Å². The molecular formula is C27H27F4NO. The molecule has 4 rings (SSSR count). The number of likely N-dealkylation sites (tertiary alicyclic amines) is 1. The highest BCUT2D eigenvalue weighted by Gasteiger charge is 2.36. The first-order valence-corrected chi connectivity index (χ1v) is 11.0. The second kappa shape index (κ2) is 9.65. The Balaban J connectivity index is 1.56. The minimum absolute atomic E-state index is 0.0720. The molecule has 0 aromatic heterocycles. The number of ether oxygens (including phenoxy) is 1. The van der Waals surface area contributed by atoms with Crippen LogP contribution in [0, 0.1) is 5.82 Å². The van der Waals surface area contributed by atoms with E-state index >= 15 is 0 Å². The van der Waals surface area contributed by atoms with Crippen LogP contribution in [0.5, 0.6) is 0 Å². The zero-order chi connectivity index (χ0) is 23.5. The van der Waals surface area contributed by atoms with E-state index in [1.54, 1.807) is 6.07 Å². The highest BCUT2D eigenvalue weighted by molar-refractivity contribution is 5.65. The molecule has 0 N–H and O–H groups in total. The molecule has 1 saturated heterocycles. The number of halogens is 4. The van der Waals surface area contributed by atoms with Crippen molar-refractivity contribution in [3.63, 3.8) is 0 Å². The van der Waals surface area contributed by atoms with E-state index in [-0.39, 0.29) is 12.0 Å². The maximum absolute atomic E-state index is 13.6. The SMILES string of the molecule is CN1CCC(COCc2cc(-c3ccc(F)cc3)cc(C(F)(F)F)c2)(c2ccccc2)CC1. The number of rotatable bonds is 6. The van der Waals surface area contributed by atoms with E-state index in [0.29, 0.717) is 23.3 Å². The van der Waals surface area contributed by atoms with E-state index in [2.05, 4.69) is 24.1 Å². The van der Waals surface area contributed by atoms with Crippen molar-refractivity contribution in [1.29, 1.82) is 0 Å². The maximum atomic E-state index is 13.6. The van der Waals surface area contributed by atoms with Crippen molar-refractivity contribution in [3.05, 3.63) is 95.3 Å². The molecule has 1 fully saturated rings. The van der Waals surface area contributed by atoms with Crippen LogP contribution in [0.3, 0.4) is 0 Å². The summed E-state index contributed by atoms with van der Waals surface area (Å²) in [6.45, 7) is 2.39. The highest BCUT2D eigenvalue weighted by atomic mass is 19.4. The molecule has 0 saturated carbocycles. The summed E-state index contributed by atoms with van der Waals surface area (Å²) in [6, 6.07) is 19.6.